The number of pyridine rings is 1. The van der Waals surface area contributed by atoms with Gasteiger partial charge >= 0.3 is 0 Å². The van der Waals surface area contributed by atoms with Crippen molar-refractivity contribution in [3.63, 3.8) is 0 Å². The molecule has 0 aliphatic heterocycles. The summed E-state index contributed by atoms with van der Waals surface area (Å²) >= 11 is 0. The van der Waals surface area contributed by atoms with Gasteiger partial charge in [-0.1, -0.05) is 0 Å². The van der Waals surface area contributed by atoms with Crippen LogP contribution in [0, 0.1) is 6.92 Å². The van der Waals surface area contributed by atoms with Gasteiger partial charge < -0.3 is 14.5 Å². The highest BCUT2D eigenvalue weighted by Gasteiger charge is 2.17. The smallest absolute Gasteiger partial charge is 0.261 e. The van der Waals surface area contributed by atoms with Crippen LogP contribution in [0.1, 0.15) is 28.9 Å². The Hall–Kier alpha value is -2.63. The van der Waals surface area contributed by atoms with Crippen molar-refractivity contribution in [3.8, 4) is 5.75 Å². The molecule has 0 spiro atoms. The summed E-state index contributed by atoms with van der Waals surface area (Å²) in [5.41, 5.74) is 0.889. The molecule has 2 aromatic heterocycles. The zero-order valence-corrected chi connectivity index (χ0v) is 11.8. The summed E-state index contributed by atoms with van der Waals surface area (Å²) in [6.07, 6.45) is 1.40. The van der Waals surface area contributed by atoms with Gasteiger partial charge in [0.25, 0.3) is 5.91 Å². The second-order valence-electron chi connectivity index (χ2n) is 4.51. The Morgan fingerprint density at radius 2 is 2.29 bits per heavy atom. The highest BCUT2D eigenvalue weighted by atomic mass is 16.5. The monoisotopic (exact) mass is 288 g/mol. The third-order valence-corrected chi connectivity index (χ3v) is 2.83. The van der Waals surface area contributed by atoms with Crippen LogP contribution in [-0.4, -0.2) is 23.3 Å². The second kappa shape index (κ2) is 6.69. The number of carbonyl (C=O) groups excluding carboxylic acids is 2. The van der Waals surface area contributed by atoms with E-state index in [4.69, 9.17) is 9.15 Å². The molecule has 0 aliphatic rings. The highest BCUT2D eigenvalue weighted by Crippen LogP contribution is 2.16. The summed E-state index contributed by atoms with van der Waals surface area (Å²) in [7, 11) is 0. The molecule has 2 aromatic rings. The number of furan rings is 1. The summed E-state index contributed by atoms with van der Waals surface area (Å²) in [6, 6.07) is 6.86. The number of aromatic nitrogens is 1. The fraction of sp³-hybridized carbons (Fsp3) is 0.267. The van der Waals surface area contributed by atoms with Crippen LogP contribution in [0.25, 0.3) is 0 Å². The van der Waals surface area contributed by atoms with Crippen molar-refractivity contribution in [2.75, 3.05) is 0 Å². The van der Waals surface area contributed by atoms with Crippen LogP contribution < -0.4 is 10.1 Å². The lowest BCUT2D eigenvalue weighted by atomic mass is 10.3. The van der Waals surface area contributed by atoms with E-state index in [0.717, 1.165) is 0 Å². The first kappa shape index (κ1) is 14.8. The number of ether oxygens (including phenoxy) is 1. The largest absolute Gasteiger partial charge is 0.479 e. The van der Waals surface area contributed by atoms with E-state index in [1.165, 1.54) is 6.26 Å². The molecule has 2 heterocycles. The van der Waals surface area contributed by atoms with Gasteiger partial charge in [-0.2, -0.15) is 0 Å². The molecule has 1 atom stereocenters. The van der Waals surface area contributed by atoms with Gasteiger partial charge in [-0.05, 0) is 38.1 Å². The quantitative estimate of drug-likeness (QED) is 0.821. The topological polar surface area (TPSA) is 81.4 Å². The maximum absolute atomic E-state index is 11.9. The van der Waals surface area contributed by atoms with Gasteiger partial charge in [0.2, 0.25) is 0 Å². The van der Waals surface area contributed by atoms with Crippen LogP contribution >= 0.6 is 0 Å². The lowest BCUT2D eigenvalue weighted by Crippen LogP contribution is -2.36. The van der Waals surface area contributed by atoms with Gasteiger partial charge in [-0.3, -0.25) is 9.59 Å². The molecule has 21 heavy (non-hydrogen) atoms. The number of aryl methyl sites for hydroxylation is 1. The van der Waals surface area contributed by atoms with E-state index < -0.39 is 6.10 Å². The maximum Gasteiger partial charge on any atom is 0.261 e. The van der Waals surface area contributed by atoms with Gasteiger partial charge in [0.1, 0.15) is 17.2 Å². The average molecular weight is 288 g/mol. The van der Waals surface area contributed by atoms with E-state index in [0.29, 0.717) is 17.7 Å². The molecule has 0 radical (unpaired) electrons. The van der Waals surface area contributed by atoms with E-state index in [2.05, 4.69) is 10.3 Å². The third-order valence-electron chi connectivity index (χ3n) is 2.83. The van der Waals surface area contributed by atoms with E-state index in [1.807, 2.05) is 0 Å². The van der Waals surface area contributed by atoms with E-state index in [-0.39, 0.29) is 23.9 Å². The SMILES string of the molecule is Cc1ccc(OC(C)C(=O)NCc2ccco2)c(C=O)n1. The van der Waals surface area contributed by atoms with Crippen molar-refractivity contribution in [1.82, 2.24) is 10.3 Å². The minimum absolute atomic E-state index is 0.181. The zero-order valence-electron chi connectivity index (χ0n) is 11.8. The number of nitrogens with zero attached hydrogens (tertiary/aromatic N) is 1. The molecule has 0 bridgehead atoms. The maximum atomic E-state index is 11.9. The van der Waals surface area contributed by atoms with Crippen molar-refractivity contribution >= 4 is 12.2 Å². The Bertz CT molecular complexity index is 623. The lowest BCUT2D eigenvalue weighted by molar-refractivity contribution is -0.127. The van der Waals surface area contributed by atoms with Crippen LogP contribution in [-0.2, 0) is 11.3 Å². The number of amides is 1. The van der Waals surface area contributed by atoms with Crippen LogP contribution in [0.2, 0.25) is 0 Å². The number of hydrogen-bond acceptors (Lipinski definition) is 5. The Morgan fingerprint density at radius 1 is 1.48 bits per heavy atom. The summed E-state index contributed by atoms with van der Waals surface area (Å²) in [5, 5.41) is 2.69. The third kappa shape index (κ3) is 3.92. The molecular weight excluding hydrogens is 272 g/mol. The van der Waals surface area contributed by atoms with Crippen LogP contribution in [0.4, 0.5) is 0 Å². The van der Waals surface area contributed by atoms with E-state index >= 15 is 0 Å². The van der Waals surface area contributed by atoms with Gasteiger partial charge in [0, 0.05) is 5.69 Å². The minimum atomic E-state index is -0.747. The summed E-state index contributed by atoms with van der Waals surface area (Å²) in [6.45, 7) is 3.66. The highest BCUT2D eigenvalue weighted by molar-refractivity contribution is 5.81. The zero-order chi connectivity index (χ0) is 15.2. The Morgan fingerprint density at radius 3 is 2.95 bits per heavy atom. The van der Waals surface area contributed by atoms with Gasteiger partial charge in [-0.25, -0.2) is 4.98 Å². The first-order chi connectivity index (χ1) is 10.1. The number of nitrogens with one attached hydrogen (secondary N) is 1. The van der Waals surface area contributed by atoms with Crippen LogP contribution in [0.3, 0.4) is 0 Å². The number of hydrogen-bond donors (Lipinski definition) is 1. The Labute approximate surface area is 122 Å². The van der Waals surface area contributed by atoms with Gasteiger partial charge in [0.15, 0.2) is 12.4 Å². The molecule has 6 heteroatoms. The minimum Gasteiger partial charge on any atom is -0.479 e. The molecule has 2 rings (SSSR count). The van der Waals surface area contributed by atoms with Gasteiger partial charge in [-0.15, -0.1) is 0 Å². The number of carbonyl (C=O) groups is 2. The fourth-order valence-electron chi connectivity index (χ4n) is 1.72. The Balaban J connectivity index is 1.95. The van der Waals surface area contributed by atoms with Crippen molar-refractivity contribution in [3.05, 3.63) is 47.7 Å². The second-order valence-corrected chi connectivity index (χ2v) is 4.51. The molecule has 0 aromatic carbocycles. The normalized spacial score (nSPS) is 11.7. The molecule has 0 aliphatic carbocycles. The molecule has 110 valence electrons. The van der Waals surface area contributed by atoms with Crippen molar-refractivity contribution in [2.24, 2.45) is 0 Å². The standard InChI is InChI=1S/C15H16N2O4/c1-10-5-6-14(13(9-18)17-10)21-11(2)15(19)16-8-12-4-3-7-20-12/h3-7,9,11H,8H2,1-2H3,(H,16,19). The average Bonchev–Trinajstić information content (AvgIpc) is 2.99. The van der Waals surface area contributed by atoms with E-state index in [9.17, 15) is 9.59 Å². The van der Waals surface area contributed by atoms with Crippen molar-refractivity contribution in [1.29, 1.82) is 0 Å². The molecule has 0 fully saturated rings. The molecule has 1 N–H and O–H groups in total. The molecule has 1 amide bonds. The summed E-state index contributed by atoms with van der Waals surface area (Å²) in [4.78, 5) is 26.9. The molecular formula is C15H16N2O4. The number of rotatable bonds is 6. The van der Waals surface area contributed by atoms with Gasteiger partial charge in [0.05, 0.1) is 12.8 Å². The predicted molar refractivity (Wildman–Crippen MR) is 75.0 cm³/mol. The van der Waals surface area contributed by atoms with Crippen LogP contribution in [0.5, 0.6) is 5.75 Å². The Kier molecular flexibility index (Phi) is 4.71. The molecule has 1 unspecified atom stereocenters. The molecule has 6 nitrogen and oxygen atoms in total. The molecule has 0 saturated heterocycles. The van der Waals surface area contributed by atoms with E-state index in [1.54, 1.807) is 38.1 Å². The first-order valence-corrected chi connectivity index (χ1v) is 6.49. The molecule has 0 saturated carbocycles. The fourth-order valence-corrected chi connectivity index (χ4v) is 1.72. The summed E-state index contributed by atoms with van der Waals surface area (Å²) in [5.74, 6) is 0.640. The first-order valence-electron chi connectivity index (χ1n) is 6.49. The van der Waals surface area contributed by atoms with Crippen LogP contribution in [0.15, 0.2) is 34.9 Å². The lowest BCUT2D eigenvalue weighted by Gasteiger charge is -2.15. The van der Waals surface area contributed by atoms with Crippen molar-refractivity contribution < 1.29 is 18.7 Å². The van der Waals surface area contributed by atoms with Crippen molar-refractivity contribution in [2.45, 2.75) is 26.5 Å². The number of aldehydes is 1. The predicted octanol–water partition coefficient (Wildman–Crippen LogP) is 1.88. The summed E-state index contributed by atoms with van der Waals surface area (Å²) < 4.78 is 10.6.